The molecular formula is C10H16N4O. The van der Waals surface area contributed by atoms with Gasteiger partial charge in [-0.05, 0) is 19.9 Å². The van der Waals surface area contributed by atoms with Crippen molar-refractivity contribution < 1.29 is 4.79 Å². The van der Waals surface area contributed by atoms with Gasteiger partial charge in [0.1, 0.15) is 0 Å². The zero-order valence-corrected chi connectivity index (χ0v) is 9.08. The van der Waals surface area contributed by atoms with Crippen molar-refractivity contribution in [2.24, 2.45) is 12.5 Å². The monoisotopic (exact) mass is 208 g/mol. The van der Waals surface area contributed by atoms with E-state index < -0.39 is 0 Å². The molecule has 2 rings (SSSR count). The number of anilines is 1. The molecule has 1 saturated heterocycles. The van der Waals surface area contributed by atoms with E-state index in [1.165, 1.54) is 0 Å². The lowest BCUT2D eigenvalue weighted by Crippen LogP contribution is -2.35. The van der Waals surface area contributed by atoms with Crippen LogP contribution in [0.2, 0.25) is 0 Å². The average molecular weight is 208 g/mol. The molecule has 0 aromatic carbocycles. The molecule has 15 heavy (non-hydrogen) atoms. The van der Waals surface area contributed by atoms with Crippen LogP contribution in [-0.4, -0.2) is 28.8 Å². The lowest BCUT2D eigenvalue weighted by atomic mass is 9.89. The van der Waals surface area contributed by atoms with E-state index in [-0.39, 0.29) is 11.3 Å². The van der Waals surface area contributed by atoms with Gasteiger partial charge in [-0.2, -0.15) is 5.10 Å². The van der Waals surface area contributed by atoms with Gasteiger partial charge in [-0.3, -0.25) is 9.48 Å². The summed E-state index contributed by atoms with van der Waals surface area (Å²) < 4.78 is 1.67. The van der Waals surface area contributed by atoms with Crippen LogP contribution >= 0.6 is 0 Å². The number of amides is 1. The van der Waals surface area contributed by atoms with Crippen LogP contribution in [0.3, 0.4) is 0 Å². The first-order chi connectivity index (χ1) is 7.10. The van der Waals surface area contributed by atoms with Crippen molar-refractivity contribution in [2.75, 3.05) is 18.4 Å². The Hall–Kier alpha value is -1.36. The van der Waals surface area contributed by atoms with E-state index in [0.29, 0.717) is 0 Å². The highest BCUT2D eigenvalue weighted by molar-refractivity contribution is 5.95. The first kappa shape index (κ1) is 10.2. The number of nitrogens with zero attached hydrogens (tertiary/aromatic N) is 2. The molecule has 0 bridgehead atoms. The van der Waals surface area contributed by atoms with Crippen molar-refractivity contribution in [1.82, 2.24) is 15.1 Å². The van der Waals surface area contributed by atoms with Crippen LogP contribution in [0.15, 0.2) is 12.4 Å². The summed E-state index contributed by atoms with van der Waals surface area (Å²) in [4.78, 5) is 12.0. The number of carbonyl (C=O) groups is 1. The SMILES string of the molecule is Cn1cc(NC(=O)C2(C)CCNC2)cn1. The first-order valence-electron chi connectivity index (χ1n) is 5.11. The van der Waals surface area contributed by atoms with Crippen molar-refractivity contribution in [3.05, 3.63) is 12.4 Å². The fourth-order valence-electron chi connectivity index (χ4n) is 1.78. The van der Waals surface area contributed by atoms with Crippen LogP contribution in [0, 0.1) is 5.41 Å². The number of hydrogen-bond donors (Lipinski definition) is 2. The topological polar surface area (TPSA) is 59.0 Å². The second kappa shape index (κ2) is 3.66. The number of aromatic nitrogens is 2. The van der Waals surface area contributed by atoms with Crippen molar-refractivity contribution in [3.8, 4) is 0 Å². The molecule has 1 unspecified atom stereocenters. The average Bonchev–Trinajstić information content (AvgIpc) is 2.76. The maximum absolute atomic E-state index is 12.0. The summed E-state index contributed by atoms with van der Waals surface area (Å²) in [7, 11) is 1.83. The molecule has 1 aromatic heterocycles. The van der Waals surface area contributed by atoms with E-state index >= 15 is 0 Å². The standard InChI is InChI=1S/C10H16N4O/c1-10(3-4-11-7-10)9(15)13-8-5-12-14(2)6-8/h5-6,11H,3-4,7H2,1-2H3,(H,13,15). The highest BCUT2D eigenvalue weighted by Gasteiger charge is 2.36. The van der Waals surface area contributed by atoms with Gasteiger partial charge in [-0.25, -0.2) is 0 Å². The number of hydrogen-bond acceptors (Lipinski definition) is 3. The lowest BCUT2D eigenvalue weighted by Gasteiger charge is -2.20. The van der Waals surface area contributed by atoms with Crippen LogP contribution in [0.5, 0.6) is 0 Å². The highest BCUT2D eigenvalue weighted by atomic mass is 16.2. The molecule has 82 valence electrons. The Balaban J connectivity index is 2.03. The predicted molar refractivity (Wildman–Crippen MR) is 57.4 cm³/mol. The maximum Gasteiger partial charge on any atom is 0.231 e. The van der Waals surface area contributed by atoms with E-state index in [2.05, 4.69) is 15.7 Å². The van der Waals surface area contributed by atoms with Crippen molar-refractivity contribution in [2.45, 2.75) is 13.3 Å². The van der Waals surface area contributed by atoms with Crippen molar-refractivity contribution in [3.63, 3.8) is 0 Å². The Kier molecular flexibility index (Phi) is 2.48. The highest BCUT2D eigenvalue weighted by Crippen LogP contribution is 2.26. The van der Waals surface area contributed by atoms with Gasteiger partial charge in [-0.1, -0.05) is 0 Å². The quantitative estimate of drug-likeness (QED) is 0.737. The molecule has 5 heteroatoms. The van der Waals surface area contributed by atoms with Gasteiger partial charge in [0.05, 0.1) is 17.3 Å². The first-order valence-corrected chi connectivity index (χ1v) is 5.11. The molecule has 1 aromatic rings. The van der Waals surface area contributed by atoms with E-state index in [1.54, 1.807) is 17.1 Å². The van der Waals surface area contributed by atoms with Gasteiger partial charge >= 0.3 is 0 Å². The minimum absolute atomic E-state index is 0.0699. The second-order valence-corrected chi connectivity index (χ2v) is 4.34. The van der Waals surface area contributed by atoms with Crippen LogP contribution in [0.4, 0.5) is 5.69 Å². The molecule has 0 aliphatic carbocycles. The van der Waals surface area contributed by atoms with E-state index in [4.69, 9.17) is 0 Å². The van der Waals surface area contributed by atoms with Crippen LogP contribution in [0.1, 0.15) is 13.3 Å². The maximum atomic E-state index is 12.0. The van der Waals surface area contributed by atoms with Gasteiger partial charge < -0.3 is 10.6 Å². The van der Waals surface area contributed by atoms with Crippen LogP contribution < -0.4 is 10.6 Å². The minimum atomic E-state index is -0.282. The molecule has 1 atom stereocenters. The van der Waals surface area contributed by atoms with Gasteiger partial charge in [-0.15, -0.1) is 0 Å². The third-order valence-electron chi connectivity index (χ3n) is 2.88. The fraction of sp³-hybridized carbons (Fsp3) is 0.600. The van der Waals surface area contributed by atoms with Crippen LogP contribution in [0.25, 0.3) is 0 Å². The number of aryl methyl sites for hydroxylation is 1. The lowest BCUT2D eigenvalue weighted by molar-refractivity contribution is -0.123. The molecule has 1 aliphatic heterocycles. The third kappa shape index (κ3) is 2.02. The number of carbonyl (C=O) groups excluding carboxylic acids is 1. The summed E-state index contributed by atoms with van der Waals surface area (Å²) in [6.07, 6.45) is 4.34. The molecule has 0 spiro atoms. The molecule has 1 aliphatic rings. The largest absolute Gasteiger partial charge is 0.323 e. The molecule has 2 heterocycles. The minimum Gasteiger partial charge on any atom is -0.323 e. The van der Waals surface area contributed by atoms with Gasteiger partial charge in [0.25, 0.3) is 0 Å². The molecule has 0 saturated carbocycles. The fourth-order valence-corrected chi connectivity index (χ4v) is 1.78. The zero-order chi connectivity index (χ0) is 10.9. The van der Waals surface area contributed by atoms with E-state index in [0.717, 1.165) is 25.2 Å². The van der Waals surface area contributed by atoms with E-state index in [1.807, 2.05) is 14.0 Å². The molecular weight excluding hydrogens is 192 g/mol. The van der Waals surface area contributed by atoms with E-state index in [9.17, 15) is 4.79 Å². The summed E-state index contributed by atoms with van der Waals surface area (Å²) in [6.45, 7) is 3.65. The zero-order valence-electron chi connectivity index (χ0n) is 9.08. The second-order valence-electron chi connectivity index (χ2n) is 4.34. The Bertz CT molecular complexity index is 365. The Morgan fingerprint density at radius 3 is 3.07 bits per heavy atom. The van der Waals surface area contributed by atoms with Gasteiger partial charge in [0, 0.05) is 19.8 Å². The Morgan fingerprint density at radius 1 is 1.73 bits per heavy atom. The summed E-state index contributed by atoms with van der Waals surface area (Å²) in [5.41, 5.74) is 0.478. The van der Waals surface area contributed by atoms with Gasteiger partial charge in [0.15, 0.2) is 0 Å². The van der Waals surface area contributed by atoms with Crippen molar-refractivity contribution in [1.29, 1.82) is 0 Å². The Labute approximate surface area is 88.8 Å². The summed E-state index contributed by atoms with van der Waals surface area (Å²) in [5, 5.41) is 10.1. The number of rotatable bonds is 2. The Morgan fingerprint density at radius 2 is 2.53 bits per heavy atom. The number of nitrogens with one attached hydrogen (secondary N) is 2. The normalized spacial score (nSPS) is 25.5. The molecule has 1 amide bonds. The third-order valence-corrected chi connectivity index (χ3v) is 2.88. The van der Waals surface area contributed by atoms with Crippen molar-refractivity contribution >= 4 is 11.6 Å². The molecule has 1 fully saturated rings. The summed E-state index contributed by atoms with van der Waals surface area (Å²) in [6, 6.07) is 0. The molecule has 0 radical (unpaired) electrons. The molecule has 2 N–H and O–H groups in total. The summed E-state index contributed by atoms with van der Waals surface area (Å²) in [5.74, 6) is 0.0699. The summed E-state index contributed by atoms with van der Waals surface area (Å²) >= 11 is 0. The van der Waals surface area contributed by atoms with Gasteiger partial charge in [0.2, 0.25) is 5.91 Å². The smallest absolute Gasteiger partial charge is 0.231 e. The van der Waals surface area contributed by atoms with Crippen LogP contribution in [-0.2, 0) is 11.8 Å². The molecule has 5 nitrogen and oxygen atoms in total. The predicted octanol–water partition coefficient (Wildman–Crippen LogP) is 0.358.